The summed E-state index contributed by atoms with van der Waals surface area (Å²) in [7, 11) is 0. The van der Waals surface area contributed by atoms with E-state index < -0.39 is 0 Å². The maximum Gasteiger partial charge on any atom is 0.255 e. The number of anilines is 2. The number of carbonyl (C=O) groups excluding carboxylic acids is 2. The van der Waals surface area contributed by atoms with E-state index in [2.05, 4.69) is 26.9 Å². The van der Waals surface area contributed by atoms with Gasteiger partial charge in [0.2, 0.25) is 5.91 Å². The molecule has 0 saturated carbocycles. The summed E-state index contributed by atoms with van der Waals surface area (Å²) in [6, 6.07) is 16.6. The van der Waals surface area contributed by atoms with Crippen molar-refractivity contribution in [2.45, 2.75) is 25.4 Å². The predicted molar refractivity (Wildman–Crippen MR) is 185 cm³/mol. The molecule has 3 aromatic heterocycles. The van der Waals surface area contributed by atoms with Gasteiger partial charge in [0.25, 0.3) is 5.91 Å². The standard InChI is InChI=1S/C36H39N9O3/c1-2-31(46)43-14-6-9-29(24-43)45-34-30(27-21-39-44(23-27)16-15-42-17-19-48-20-18-42)22-38-35(37)32(34)33(41-45)25-10-12-26(13-11-25)36(47)40-28-7-4-3-5-8-28/h2-5,7-8,10-13,21-23,29H,1,6,9,14-20,24H2,(H2,37,38)(H,40,47). The van der Waals surface area contributed by atoms with Crippen LogP contribution in [0.4, 0.5) is 11.5 Å². The number of likely N-dealkylation sites (tertiary alicyclic amines) is 1. The van der Waals surface area contributed by atoms with Gasteiger partial charge in [-0.2, -0.15) is 10.2 Å². The Bertz CT molecular complexity index is 1930. The first kappa shape index (κ1) is 31.3. The predicted octanol–water partition coefficient (Wildman–Crippen LogP) is 4.48. The zero-order valence-electron chi connectivity index (χ0n) is 26.8. The molecule has 2 aliphatic heterocycles. The third-order valence-electron chi connectivity index (χ3n) is 9.13. The number of carbonyl (C=O) groups is 2. The zero-order valence-corrected chi connectivity index (χ0v) is 26.8. The van der Waals surface area contributed by atoms with Crippen molar-refractivity contribution < 1.29 is 14.3 Å². The van der Waals surface area contributed by atoms with Crippen molar-refractivity contribution in [2.75, 3.05) is 57.0 Å². The fraction of sp³-hybridized carbons (Fsp3) is 0.306. The third-order valence-corrected chi connectivity index (χ3v) is 9.13. The van der Waals surface area contributed by atoms with Crippen LogP contribution in [0.3, 0.4) is 0 Å². The Labute approximate surface area is 278 Å². The van der Waals surface area contributed by atoms with Gasteiger partial charge in [-0.1, -0.05) is 36.9 Å². The minimum Gasteiger partial charge on any atom is -0.383 e. The van der Waals surface area contributed by atoms with Crippen LogP contribution in [0.25, 0.3) is 33.3 Å². The minimum absolute atomic E-state index is 0.0910. The first-order valence-electron chi connectivity index (χ1n) is 16.4. The topological polar surface area (TPSA) is 136 Å². The van der Waals surface area contributed by atoms with Crippen LogP contribution < -0.4 is 11.1 Å². The van der Waals surface area contributed by atoms with Gasteiger partial charge in [0.15, 0.2) is 0 Å². The quantitative estimate of drug-likeness (QED) is 0.224. The van der Waals surface area contributed by atoms with Gasteiger partial charge in [0.05, 0.1) is 42.9 Å². The van der Waals surface area contributed by atoms with E-state index in [-0.39, 0.29) is 17.9 Å². The molecule has 0 radical (unpaired) electrons. The first-order chi connectivity index (χ1) is 23.5. The van der Waals surface area contributed by atoms with E-state index >= 15 is 0 Å². The SMILES string of the molecule is C=CC(=O)N1CCCC(n2nc(-c3ccc(C(=O)Nc4ccccc4)cc3)c3c(N)ncc(-c4cnn(CCN5CCOCC5)c4)c32)C1. The van der Waals surface area contributed by atoms with Crippen LogP contribution in [0.15, 0.2) is 85.8 Å². The van der Waals surface area contributed by atoms with E-state index in [1.165, 1.54) is 6.08 Å². The van der Waals surface area contributed by atoms with Crippen LogP contribution in [-0.2, 0) is 16.1 Å². The number of ether oxygens (including phenoxy) is 1. The molecule has 2 fully saturated rings. The molecule has 5 heterocycles. The summed E-state index contributed by atoms with van der Waals surface area (Å²) >= 11 is 0. The summed E-state index contributed by atoms with van der Waals surface area (Å²) in [4.78, 5) is 34.5. The van der Waals surface area contributed by atoms with Crippen molar-refractivity contribution in [1.82, 2.24) is 34.3 Å². The van der Waals surface area contributed by atoms with Crippen LogP contribution in [0.1, 0.15) is 29.2 Å². The van der Waals surface area contributed by atoms with Gasteiger partial charge < -0.3 is 20.7 Å². The van der Waals surface area contributed by atoms with Gasteiger partial charge in [-0.25, -0.2) is 4.98 Å². The molecule has 246 valence electrons. The normalized spacial score (nSPS) is 17.0. The number of morpholine rings is 1. The van der Waals surface area contributed by atoms with Crippen molar-refractivity contribution in [3.05, 3.63) is 91.4 Å². The minimum atomic E-state index is -0.202. The van der Waals surface area contributed by atoms with Crippen LogP contribution >= 0.6 is 0 Å². The molecule has 2 amide bonds. The molecule has 1 atom stereocenters. The number of rotatable bonds is 9. The zero-order chi connectivity index (χ0) is 33.0. The highest BCUT2D eigenvalue weighted by molar-refractivity contribution is 6.08. The number of fused-ring (bicyclic) bond motifs is 1. The molecule has 12 nitrogen and oxygen atoms in total. The van der Waals surface area contributed by atoms with Crippen LogP contribution in [0.5, 0.6) is 0 Å². The van der Waals surface area contributed by atoms with Gasteiger partial charge in [-0.05, 0) is 43.2 Å². The Morgan fingerprint density at radius 2 is 1.79 bits per heavy atom. The summed E-state index contributed by atoms with van der Waals surface area (Å²) in [5.41, 5.74) is 12.0. The molecule has 7 rings (SSSR count). The Morgan fingerprint density at radius 3 is 2.56 bits per heavy atom. The number of benzene rings is 2. The first-order valence-corrected chi connectivity index (χ1v) is 16.4. The summed E-state index contributed by atoms with van der Waals surface area (Å²) in [5.74, 6) is 0.0607. The smallest absolute Gasteiger partial charge is 0.255 e. The van der Waals surface area contributed by atoms with Crippen molar-refractivity contribution >= 4 is 34.2 Å². The Hall–Kier alpha value is -5.33. The lowest BCUT2D eigenvalue weighted by molar-refractivity contribution is -0.127. The summed E-state index contributed by atoms with van der Waals surface area (Å²) in [5, 5.41) is 13.5. The highest BCUT2D eigenvalue weighted by Crippen LogP contribution is 2.40. The molecule has 5 aromatic rings. The average molecular weight is 646 g/mol. The average Bonchev–Trinajstić information content (AvgIpc) is 3.78. The molecule has 0 bridgehead atoms. The fourth-order valence-corrected chi connectivity index (χ4v) is 6.55. The van der Waals surface area contributed by atoms with E-state index in [1.807, 2.05) is 69.1 Å². The summed E-state index contributed by atoms with van der Waals surface area (Å²) in [6.45, 7) is 9.86. The lowest BCUT2D eigenvalue weighted by Gasteiger charge is -2.32. The highest BCUT2D eigenvalue weighted by atomic mass is 16.5. The number of pyridine rings is 1. The van der Waals surface area contributed by atoms with E-state index in [0.717, 1.165) is 85.5 Å². The van der Waals surface area contributed by atoms with E-state index in [0.29, 0.717) is 30.2 Å². The molecule has 2 aliphatic rings. The number of nitrogens with zero attached hydrogens (tertiary/aromatic N) is 7. The van der Waals surface area contributed by atoms with Gasteiger partial charge in [-0.15, -0.1) is 0 Å². The number of hydrogen-bond donors (Lipinski definition) is 2. The fourth-order valence-electron chi connectivity index (χ4n) is 6.55. The van der Waals surface area contributed by atoms with E-state index in [4.69, 9.17) is 15.6 Å². The lowest BCUT2D eigenvalue weighted by Crippen LogP contribution is -2.40. The van der Waals surface area contributed by atoms with Gasteiger partial charge in [0, 0.05) is 73.1 Å². The molecule has 0 spiro atoms. The van der Waals surface area contributed by atoms with Crippen LogP contribution in [0.2, 0.25) is 0 Å². The number of hydrogen-bond acceptors (Lipinski definition) is 8. The number of piperidine rings is 1. The van der Waals surface area contributed by atoms with Crippen molar-refractivity contribution in [2.24, 2.45) is 0 Å². The number of nitrogen functional groups attached to an aromatic ring is 1. The third kappa shape index (κ3) is 6.44. The maximum atomic E-state index is 13.0. The Kier molecular flexibility index (Phi) is 8.99. The number of aromatic nitrogens is 5. The molecule has 2 aromatic carbocycles. The highest BCUT2D eigenvalue weighted by Gasteiger charge is 2.29. The van der Waals surface area contributed by atoms with Gasteiger partial charge >= 0.3 is 0 Å². The second-order valence-corrected chi connectivity index (χ2v) is 12.2. The number of amides is 2. The second kappa shape index (κ2) is 13.8. The lowest BCUT2D eigenvalue weighted by atomic mass is 10.0. The Morgan fingerprint density at radius 1 is 1.00 bits per heavy atom. The van der Waals surface area contributed by atoms with Crippen molar-refractivity contribution in [3.8, 4) is 22.4 Å². The van der Waals surface area contributed by atoms with Crippen molar-refractivity contribution in [3.63, 3.8) is 0 Å². The number of nitrogens with one attached hydrogen (secondary N) is 1. The van der Waals surface area contributed by atoms with Crippen LogP contribution in [-0.4, -0.2) is 92.1 Å². The summed E-state index contributed by atoms with van der Waals surface area (Å²) < 4.78 is 9.46. The van der Waals surface area contributed by atoms with Gasteiger partial charge in [-0.3, -0.25) is 23.9 Å². The Balaban J connectivity index is 1.26. The number of para-hydroxylation sites is 1. The van der Waals surface area contributed by atoms with Gasteiger partial charge in [0.1, 0.15) is 11.5 Å². The summed E-state index contributed by atoms with van der Waals surface area (Å²) in [6.07, 6.45) is 8.73. The monoisotopic (exact) mass is 645 g/mol. The van der Waals surface area contributed by atoms with E-state index in [1.54, 1.807) is 18.3 Å². The number of nitrogens with two attached hydrogens (primary N) is 1. The van der Waals surface area contributed by atoms with Crippen molar-refractivity contribution in [1.29, 1.82) is 0 Å². The second-order valence-electron chi connectivity index (χ2n) is 12.2. The molecule has 1 unspecified atom stereocenters. The molecule has 3 N–H and O–H groups in total. The molecular weight excluding hydrogens is 606 g/mol. The van der Waals surface area contributed by atoms with Crippen LogP contribution in [0, 0.1) is 0 Å². The maximum absolute atomic E-state index is 13.0. The molecule has 2 saturated heterocycles. The molecule has 48 heavy (non-hydrogen) atoms. The molecule has 0 aliphatic carbocycles. The molecular formula is C36H39N9O3. The largest absolute Gasteiger partial charge is 0.383 e. The van der Waals surface area contributed by atoms with E-state index in [9.17, 15) is 9.59 Å². The molecule has 12 heteroatoms.